The molecule has 2 N–H and O–H groups in total. The number of hydrogen-bond donors (Lipinski definition) is 2. The summed E-state index contributed by atoms with van der Waals surface area (Å²) in [6.07, 6.45) is 0.745. The summed E-state index contributed by atoms with van der Waals surface area (Å²) < 4.78 is 32.0. The molecule has 1 amide bonds. The van der Waals surface area contributed by atoms with Crippen LogP contribution in [0.25, 0.3) is 0 Å². The number of amides is 1. The third-order valence-electron chi connectivity index (χ3n) is 2.99. The normalized spacial score (nSPS) is 18.1. The topological polar surface area (TPSA) is 84.5 Å². The average Bonchev–Trinajstić information content (AvgIpc) is 2.43. The third kappa shape index (κ3) is 2.94. The van der Waals surface area contributed by atoms with E-state index in [1.165, 1.54) is 12.1 Å². The van der Waals surface area contributed by atoms with Crippen LogP contribution in [0.15, 0.2) is 23.1 Å². The molecule has 1 atom stereocenters. The highest BCUT2D eigenvalue weighted by Gasteiger charge is 2.27. The lowest BCUT2D eigenvalue weighted by Gasteiger charge is -2.25. The van der Waals surface area contributed by atoms with Gasteiger partial charge < -0.3 is 10.1 Å². The maximum Gasteiger partial charge on any atom is 0.265 e. The monoisotopic (exact) mass is 298 g/mol. The molecule has 1 aromatic rings. The second-order valence-electron chi connectivity index (χ2n) is 4.56. The maximum absolute atomic E-state index is 12.0. The van der Waals surface area contributed by atoms with E-state index in [0.717, 1.165) is 0 Å². The minimum Gasteiger partial charge on any atom is -0.478 e. The van der Waals surface area contributed by atoms with Crippen molar-refractivity contribution in [3.8, 4) is 5.75 Å². The smallest absolute Gasteiger partial charge is 0.265 e. The van der Waals surface area contributed by atoms with E-state index in [1.54, 1.807) is 6.07 Å². The van der Waals surface area contributed by atoms with Crippen LogP contribution < -0.4 is 14.8 Å². The van der Waals surface area contributed by atoms with E-state index in [4.69, 9.17) is 4.74 Å². The number of rotatable bonds is 5. The summed E-state index contributed by atoms with van der Waals surface area (Å²) in [6, 6.07) is 4.45. The lowest BCUT2D eigenvalue weighted by Crippen LogP contribution is -2.36. The second kappa shape index (κ2) is 5.80. The molecule has 1 aromatic carbocycles. The summed E-state index contributed by atoms with van der Waals surface area (Å²) in [5.41, 5.74) is 0.388. The minimum atomic E-state index is -3.55. The molecule has 1 unspecified atom stereocenters. The lowest BCUT2D eigenvalue weighted by molar-refractivity contribution is -0.123. The molecule has 1 heterocycles. The van der Waals surface area contributed by atoms with Gasteiger partial charge in [0.05, 0.1) is 10.6 Å². The van der Waals surface area contributed by atoms with Crippen LogP contribution in [0, 0.1) is 0 Å². The van der Waals surface area contributed by atoms with Crippen molar-refractivity contribution in [1.82, 2.24) is 4.72 Å². The summed E-state index contributed by atoms with van der Waals surface area (Å²) in [7, 11) is -3.55. The van der Waals surface area contributed by atoms with Crippen LogP contribution in [0.4, 0.5) is 5.69 Å². The zero-order valence-electron chi connectivity index (χ0n) is 11.5. The molecule has 110 valence electrons. The number of fused-ring (bicyclic) bond motifs is 1. The molecule has 7 heteroatoms. The van der Waals surface area contributed by atoms with Crippen LogP contribution >= 0.6 is 0 Å². The van der Waals surface area contributed by atoms with E-state index >= 15 is 0 Å². The quantitative estimate of drug-likeness (QED) is 0.862. The zero-order valence-corrected chi connectivity index (χ0v) is 12.3. The first-order chi connectivity index (χ1) is 9.47. The van der Waals surface area contributed by atoms with Crippen molar-refractivity contribution in [2.24, 2.45) is 0 Å². The Morgan fingerprint density at radius 1 is 1.35 bits per heavy atom. The summed E-state index contributed by atoms with van der Waals surface area (Å²) >= 11 is 0. The van der Waals surface area contributed by atoms with Crippen molar-refractivity contribution in [1.29, 1.82) is 0 Å². The first kappa shape index (κ1) is 14.8. The van der Waals surface area contributed by atoms with Gasteiger partial charge in [0.2, 0.25) is 10.0 Å². The number of nitrogens with one attached hydrogen (secondary N) is 2. The zero-order chi connectivity index (χ0) is 14.8. The number of carbonyl (C=O) groups excluding carboxylic acids is 1. The van der Waals surface area contributed by atoms with Crippen molar-refractivity contribution in [3.05, 3.63) is 18.2 Å². The standard InChI is InChI=1S/C13H18N2O4S/c1-3-7-14-20(17,18)9-5-6-12-10(8-9)15-13(16)11(4-2)19-12/h5-6,8,11,14H,3-4,7H2,1-2H3,(H,15,16). The van der Waals surface area contributed by atoms with E-state index in [0.29, 0.717) is 30.8 Å². The van der Waals surface area contributed by atoms with Crippen LogP contribution in [0.3, 0.4) is 0 Å². The predicted molar refractivity (Wildman–Crippen MR) is 75.3 cm³/mol. The highest BCUT2D eigenvalue weighted by molar-refractivity contribution is 7.89. The molecule has 0 spiro atoms. The van der Waals surface area contributed by atoms with Gasteiger partial charge >= 0.3 is 0 Å². The second-order valence-corrected chi connectivity index (χ2v) is 6.33. The molecule has 1 aliphatic heterocycles. The number of carbonyl (C=O) groups is 1. The Morgan fingerprint density at radius 2 is 2.10 bits per heavy atom. The number of sulfonamides is 1. The van der Waals surface area contributed by atoms with Gasteiger partial charge in [-0.3, -0.25) is 4.79 Å². The molecule has 1 aliphatic rings. The molecule has 0 bridgehead atoms. The van der Waals surface area contributed by atoms with Crippen molar-refractivity contribution < 1.29 is 17.9 Å². The number of hydrogen-bond acceptors (Lipinski definition) is 4. The van der Waals surface area contributed by atoms with Crippen molar-refractivity contribution in [2.75, 3.05) is 11.9 Å². The third-order valence-corrected chi connectivity index (χ3v) is 4.45. The Hall–Kier alpha value is -1.60. The first-order valence-electron chi connectivity index (χ1n) is 6.59. The number of benzene rings is 1. The Morgan fingerprint density at radius 3 is 2.75 bits per heavy atom. The number of ether oxygens (including phenoxy) is 1. The Bertz CT molecular complexity index is 613. The van der Waals surface area contributed by atoms with E-state index in [-0.39, 0.29) is 10.8 Å². The maximum atomic E-state index is 12.0. The lowest BCUT2D eigenvalue weighted by atomic mass is 10.2. The molecule has 0 aliphatic carbocycles. The van der Waals surface area contributed by atoms with Gasteiger partial charge in [0.15, 0.2) is 6.10 Å². The van der Waals surface area contributed by atoms with E-state index in [1.807, 2.05) is 13.8 Å². The molecule has 0 aromatic heterocycles. The van der Waals surface area contributed by atoms with Gasteiger partial charge in [-0.2, -0.15) is 0 Å². The Labute approximate surface area is 118 Å². The summed E-state index contributed by atoms with van der Waals surface area (Å²) in [4.78, 5) is 11.8. The minimum absolute atomic E-state index is 0.114. The highest BCUT2D eigenvalue weighted by atomic mass is 32.2. The van der Waals surface area contributed by atoms with Crippen molar-refractivity contribution >= 4 is 21.6 Å². The summed E-state index contributed by atoms with van der Waals surface area (Å²) in [6.45, 7) is 4.11. The van der Waals surface area contributed by atoms with Gasteiger partial charge in [-0.05, 0) is 31.0 Å². The summed E-state index contributed by atoms with van der Waals surface area (Å²) in [5, 5.41) is 2.67. The molecule has 6 nitrogen and oxygen atoms in total. The molecule has 2 rings (SSSR count). The van der Waals surface area contributed by atoms with Gasteiger partial charge in [-0.1, -0.05) is 13.8 Å². The van der Waals surface area contributed by atoms with Gasteiger partial charge in [-0.15, -0.1) is 0 Å². The van der Waals surface area contributed by atoms with Crippen LogP contribution in [0.1, 0.15) is 26.7 Å². The molecule has 0 fully saturated rings. The Balaban J connectivity index is 2.29. The molecular weight excluding hydrogens is 280 g/mol. The van der Waals surface area contributed by atoms with Crippen molar-refractivity contribution in [2.45, 2.75) is 37.7 Å². The fraction of sp³-hybridized carbons (Fsp3) is 0.462. The van der Waals surface area contributed by atoms with Gasteiger partial charge in [0, 0.05) is 6.54 Å². The molecule has 0 saturated heterocycles. The molecule has 0 radical (unpaired) electrons. The van der Waals surface area contributed by atoms with E-state index in [2.05, 4.69) is 10.0 Å². The fourth-order valence-corrected chi connectivity index (χ4v) is 3.04. The predicted octanol–water partition coefficient (Wildman–Crippen LogP) is 1.48. The number of anilines is 1. The average molecular weight is 298 g/mol. The molecule has 20 heavy (non-hydrogen) atoms. The van der Waals surface area contributed by atoms with Crippen molar-refractivity contribution in [3.63, 3.8) is 0 Å². The first-order valence-corrected chi connectivity index (χ1v) is 8.07. The molecular formula is C13H18N2O4S. The van der Waals surface area contributed by atoms with Gasteiger partial charge in [-0.25, -0.2) is 13.1 Å². The van der Waals surface area contributed by atoms with Gasteiger partial charge in [0.25, 0.3) is 5.91 Å². The van der Waals surface area contributed by atoms with E-state index < -0.39 is 16.1 Å². The SMILES string of the molecule is CCCNS(=O)(=O)c1ccc2c(c1)NC(=O)C(CC)O2. The van der Waals surface area contributed by atoms with Gasteiger partial charge in [0.1, 0.15) is 5.75 Å². The van der Waals surface area contributed by atoms with Crippen LogP contribution in [-0.4, -0.2) is 27.0 Å². The van der Waals surface area contributed by atoms with Crippen LogP contribution in [-0.2, 0) is 14.8 Å². The largest absolute Gasteiger partial charge is 0.478 e. The Kier molecular flexibility index (Phi) is 4.29. The molecule has 0 saturated carbocycles. The van der Waals surface area contributed by atoms with Crippen LogP contribution in [0.2, 0.25) is 0 Å². The van der Waals surface area contributed by atoms with E-state index in [9.17, 15) is 13.2 Å². The van der Waals surface area contributed by atoms with Crippen LogP contribution in [0.5, 0.6) is 5.75 Å². The highest BCUT2D eigenvalue weighted by Crippen LogP contribution is 2.32. The fourth-order valence-electron chi connectivity index (χ4n) is 1.89. The summed E-state index contributed by atoms with van der Waals surface area (Å²) in [5.74, 6) is 0.238.